The van der Waals surface area contributed by atoms with Gasteiger partial charge in [-0.1, -0.05) is 26.7 Å². The van der Waals surface area contributed by atoms with Gasteiger partial charge in [-0.25, -0.2) is 4.79 Å². The summed E-state index contributed by atoms with van der Waals surface area (Å²) in [5.41, 5.74) is 2.11. The van der Waals surface area contributed by atoms with E-state index in [0.29, 0.717) is 17.7 Å². The molecule has 0 aliphatic carbocycles. The number of nitrogens with zero attached hydrogens (tertiary/aromatic N) is 2. The van der Waals surface area contributed by atoms with Crippen LogP contribution >= 0.6 is 0 Å². The van der Waals surface area contributed by atoms with Crippen molar-refractivity contribution in [3.8, 4) is 0 Å². The van der Waals surface area contributed by atoms with Crippen LogP contribution in [0.4, 0.5) is 11.4 Å². The third kappa shape index (κ3) is 5.46. The van der Waals surface area contributed by atoms with E-state index in [1.54, 1.807) is 12.1 Å². The zero-order valence-corrected chi connectivity index (χ0v) is 16.2. The molecule has 0 saturated carbocycles. The minimum atomic E-state index is -0.395. The van der Waals surface area contributed by atoms with Gasteiger partial charge in [0.1, 0.15) is 0 Å². The summed E-state index contributed by atoms with van der Waals surface area (Å²) in [6, 6.07) is 5.40. The zero-order chi connectivity index (χ0) is 18.9. The number of benzene rings is 1. The van der Waals surface area contributed by atoms with Crippen molar-refractivity contribution in [2.24, 2.45) is 0 Å². The van der Waals surface area contributed by atoms with Gasteiger partial charge in [-0.15, -0.1) is 0 Å². The predicted octanol–water partition coefficient (Wildman–Crippen LogP) is 3.13. The van der Waals surface area contributed by atoms with Crippen LogP contribution in [0.1, 0.15) is 49.9 Å². The number of hydrogen-bond acceptors (Lipinski definition) is 5. The first-order chi connectivity index (χ1) is 12.6. The molecule has 6 nitrogen and oxygen atoms in total. The summed E-state index contributed by atoms with van der Waals surface area (Å²) in [5, 5.41) is 3.01. The Labute approximate surface area is 156 Å². The van der Waals surface area contributed by atoms with E-state index in [0.717, 1.165) is 57.7 Å². The molecule has 0 unspecified atom stereocenters. The Hall–Kier alpha value is -2.08. The van der Waals surface area contributed by atoms with Crippen molar-refractivity contribution in [2.75, 3.05) is 50.1 Å². The second-order valence-corrected chi connectivity index (χ2v) is 6.65. The Kier molecular flexibility index (Phi) is 7.91. The van der Waals surface area contributed by atoms with Gasteiger partial charge >= 0.3 is 5.97 Å². The fourth-order valence-electron chi connectivity index (χ4n) is 3.21. The smallest absolute Gasteiger partial charge is 0.337 e. The molecular formula is C20H31N3O3. The molecule has 0 bridgehead atoms. The molecule has 1 aromatic rings. The lowest BCUT2D eigenvalue weighted by Gasteiger charge is -2.36. The fourth-order valence-corrected chi connectivity index (χ4v) is 3.21. The third-order valence-electron chi connectivity index (χ3n) is 4.86. The van der Waals surface area contributed by atoms with Gasteiger partial charge in [0.25, 0.3) is 0 Å². The Balaban J connectivity index is 2.17. The predicted molar refractivity (Wildman–Crippen MR) is 105 cm³/mol. The Bertz CT molecular complexity index is 610. The number of anilines is 2. The van der Waals surface area contributed by atoms with Gasteiger partial charge < -0.3 is 19.9 Å². The largest absolute Gasteiger partial charge is 0.465 e. The highest BCUT2D eigenvalue weighted by Gasteiger charge is 2.20. The average Bonchev–Trinajstić information content (AvgIpc) is 2.67. The normalized spacial score (nSPS) is 15.0. The van der Waals surface area contributed by atoms with E-state index in [9.17, 15) is 9.59 Å². The third-order valence-corrected chi connectivity index (χ3v) is 4.86. The number of carbonyl (C=O) groups is 2. The van der Waals surface area contributed by atoms with E-state index in [1.807, 2.05) is 6.07 Å². The van der Waals surface area contributed by atoms with Crippen molar-refractivity contribution in [3.05, 3.63) is 23.8 Å². The van der Waals surface area contributed by atoms with Crippen LogP contribution < -0.4 is 10.2 Å². The maximum Gasteiger partial charge on any atom is 0.337 e. The van der Waals surface area contributed by atoms with Gasteiger partial charge in [0.05, 0.1) is 24.0 Å². The molecular weight excluding hydrogens is 330 g/mol. The summed E-state index contributed by atoms with van der Waals surface area (Å²) < 4.78 is 4.82. The number of rotatable bonds is 8. The molecule has 1 saturated heterocycles. The Morgan fingerprint density at radius 1 is 1.12 bits per heavy atom. The van der Waals surface area contributed by atoms with E-state index >= 15 is 0 Å². The number of likely N-dealkylation sites (N-methyl/N-ethyl adjacent to an activating group) is 1. The van der Waals surface area contributed by atoms with Gasteiger partial charge in [-0.05, 0) is 31.2 Å². The number of esters is 1. The summed E-state index contributed by atoms with van der Waals surface area (Å²) in [6.45, 7) is 9.15. The van der Waals surface area contributed by atoms with Crippen molar-refractivity contribution in [1.29, 1.82) is 0 Å². The zero-order valence-electron chi connectivity index (χ0n) is 16.2. The standard InChI is InChI=1S/C20H31N3O3/c1-4-6-7-8-19(24)21-17-15-16(20(25)26-3)9-10-18(17)23-13-11-22(5-2)12-14-23/h9-10,15H,4-8,11-14H2,1-3H3,(H,21,24). The molecule has 0 aromatic heterocycles. The lowest BCUT2D eigenvalue weighted by atomic mass is 10.1. The molecule has 26 heavy (non-hydrogen) atoms. The molecule has 1 aromatic carbocycles. The van der Waals surface area contributed by atoms with Gasteiger partial charge in [0.2, 0.25) is 5.91 Å². The molecule has 2 rings (SSSR count). The molecule has 1 N–H and O–H groups in total. The molecule has 144 valence electrons. The average molecular weight is 361 g/mol. The number of amides is 1. The molecule has 0 spiro atoms. The first kappa shape index (κ1) is 20.2. The number of ether oxygens (including phenoxy) is 1. The van der Waals surface area contributed by atoms with Crippen LogP contribution in [0, 0.1) is 0 Å². The van der Waals surface area contributed by atoms with Crippen molar-refractivity contribution in [1.82, 2.24) is 4.90 Å². The first-order valence-corrected chi connectivity index (χ1v) is 9.58. The summed E-state index contributed by atoms with van der Waals surface area (Å²) in [7, 11) is 1.36. The van der Waals surface area contributed by atoms with Gasteiger partial charge in [0, 0.05) is 32.6 Å². The van der Waals surface area contributed by atoms with Crippen molar-refractivity contribution in [2.45, 2.75) is 39.5 Å². The quantitative estimate of drug-likeness (QED) is 0.569. The van der Waals surface area contributed by atoms with Gasteiger partial charge in [0.15, 0.2) is 0 Å². The maximum absolute atomic E-state index is 12.3. The van der Waals surface area contributed by atoms with Crippen molar-refractivity contribution < 1.29 is 14.3 Å². The lowest BCUT2D eigenvalue weighted by molar-refractivity contribution is -0.116. The summed E-state index contributed by atoms with van der Waals surface area (Å²) in [6.07, 6.45) is 3.50. The molecule has 1 fully saturated rings. The molecule has 6 heteroatoms. The number of methoxy groups -OCH3 is 1. The van der Waals surface area contributed by atoms with Crippen LogP contribution in [0.3, 0.4) is 0 Å². The van der Waals surface area contributed by atoms with Crippen LogP contribution in [0.15, 0.2) is 18.2 Å². The van der Waals surface area contributed by atoms with Crippen LogP contribution in [0.25, 0.3) is 0 Å². The monoisotopic (exact) mass is 361 g/mol. The van der Waals surface area contributed by atoms with E-state index in [-0.39, 0.29) is 5.91 Å². The van der Waals surface area contributed by atoms with Crippen molar-refractivity contribution >= 4 is 23.3 Å². The van der Waals surface area contributed by atoms with Crippen molar-refractivity contribution in [3.63, 3.8) is 0 Å². The van der Waals surface area contributed by atoms with Crippen LogP contribution in [-0.2, 0) is 9.53 Å². The number of hydrogen-bond donors (Lipinski definition) is 1. The minimum absolute atomic E-state index is 0.00564. The maximum atomic E-state index is 12.3. The van der Waals surface area contributed by atoms with Gasteiger partial charge in [-0.2, -0.15) is 0 Å². The molecule has 1 amide bonds. The topological polar surface area (TPSA) is 61.9 Å². The number of unbranched alkanes of at least 4 members (excludes halogenated alkanes) is 2. The SMILES string of the molecule is CCCCCC(=O)Nc1cc(C(=O)OC)ccc1N1CCN(CC)CC1. The lowest BCUT2D eigenvalue weighted by Crippen LogP contribution is -2.46. The highest BCUT2D eigenvalue weighted by Crippen LogP contribution is 2.29. The fraction of sp³-hybridized carbons (Fsp3) is 0.600. The van der Waals surface area contributed by atoms with Gasteiger partial charge in [-0.3, -0.25) is 4.79 Å². The molecule has 1 heterocycles. The highest BCUT2D eigenvalue weighted by atomic mass is 16.5. The van der Waals surface area contributed by atoms with Crippen LogP contribution in [0.5, 0.6) is 0 Å². The van der Waals surface area contributed by atoms with E-state index in [4.69, 9.17) is 4.74 Å². The number of piperazine rings is 1. The Morgan fingerprint density at radius 3 is 2.46 bits per heavy atom. The molecule has 1 aliphatic heterocycles. The van der Waals surface area contributed by atoms with E-state index in [1.165, 1.54) is 7.11 Å². The number of nitrogens with one attached hydrogen (secondary N) is 1. The summed E-state index contributed by atoms with van der Waals surface area (Å²) >= 11 is 0. The number of carbonyl (C=O) groups excluding carboxylic acids is 2. The highest BCUT2D eigenvalue weighted by molar-refractivity contribution is 5.98. The van der Waals surface area contributed by atoms with Crippen LogP contribution in [0.2, 0.25) is 0 Å². The molecule has 0 radical (unpaired) electrons. The summed E-state index contributed by atoms with van der Waals surface area (Å²) in [5.74, 6) is -0.400. The molecule has 1 aliphatic rings. The van der Waals surface area contributed by atoms with E-state index in [2.05, 4.69) is 29.0 Å². The van der Waals surface area contributed by atoms with Crippen LogP contribution in [-0.4, -0.2) is 56.6 Å². The summed E-state index contributed by atoms with van der Waals surface area (Å²) in [4.78, 5) is 28.9. The second-order valence-electron chi connectivity index (χ2n) is 6.65. The molecule has 0 atom stereocenters. The minimum Gasteiger partial charge on any atom is -0.465 e. The first-order valence-electron chi connectivity index (χ1n) is 9.58. The Morgan fingerprint density at radius 2 is 1.85 bits per heavy atom. The van der Waals surface area contributed by atoms with E-state index < -0.39 is 5.97 Å². The second kappa shape index (κ2) is 10.2.